The maximum absolute atomic E-state index is 2.14. The Balaban J connectivity index is -0.0000000255. The fraction of sp³-hybridized carbons (Fsp3) is 1.00. The minimum Gasteiger partial charge on any atom is -0.166 e. The molecule has 0 fully saturated rings. The molecule has 0 nitrogen and oxygen atoms in total. The van der Waals surface area contributed by atoms with E-state index in [1.165, 1.54) is 11.5 Å². The summed E-state index contributed by atoms with van der Waals surface area (Å²) in [6, 6.07) is 0. The van der Waals surface area contributed by atoms with Gasteiger partial charge in [-0.15, -0.1) is 0 Å². The van der Waals surface area contributed by atoms with E-state index in [9.17, 15) is 0 Å². The lowest BCUT2D eigenvalue weighted by atomic mass is 11.0. The predicted molar refractivity (Wildman–Crippen MR) is 82.2 cm³/mol. The van der Waals surface area contributed by atoms with Gasteiger partial charge in [0.05, 0.1) is 0 Å². The Morgan fingerprint density at radius 2 is 0.643 bits per heavy atom. The van der Waals surface area contributed by atoms with E-state index in [4.69, 9.17) is 0 Å². The first kappa shape index (κ1) is 29.3. The van der Waals surface area contributed by atoms with Crippen LogP contribution in [0.25, 0.3) is 0 Å². The summed E-state index contributed by atoms with van der Waals surface area (Å²) in [4.78, 5) is 0. The van der Waals surface area contributed by atoms with Crippen LogP contribution in [0.2, 0.25) is 0 Å². The van der Waals surface area contributed by atoms with Gasteiger partial charge in [0.2, 0.25) is 0 Å². The summed E-state index contributed by atoms with van der Waals surface area (Å²) in [6.45, 7) is 16.3. The van der Waals surface area contributed by atoms with Crippen LogP contribution in [0.3, 0.4) is 0 Å². The predicted octanol–water partition coefficient (Wildman–Crippen LogP) is 5.82. The number of hydrogen-bond acceptors (Lipinski definition) is 2. The fourth-order valence-electron chi connectivity index (χ4n) is 0. The van der Waals surface area contributed by atoms with Crippen molar-refractivity contribution in [1.29, 1.82) is 0 Å². The van der Waals surface area contributed by atoms with Crippen molar-refractivity contribution in [3.05, 3.63) is 0 Å². The molecule has 0 amide bonds. The normalized spacial score (nSPS) is 5.57. The number of hydrogen-bond donors (Lipinski definition) is 0. The van der Waals surface area contributed by atoms with Crippen molar-refractivity contribution in [2.24, 2.45) is 0 Å². The molecule has 2 heteroatoms. The summed E-state index contributed by atoms with van der Waals surface area (Å²) < 4.78 is 0. The summed E-state index contributed by atoms with van der Waals surface area (Å²) in [5.74, 6) is 2.47. The average Bonchev–Trinajstić information content (AvgIpc) is 2.36. The van der Waals surface area contributed by atoms with Gasteiger partial charge in [0.25, 0.3) is 0 Å². The largest absolute Gasteiger partial charge is 0.166 e. The maximum Gasteiger partial charge on any atom is -0.00988 e. The molecule has 0 aromatic carbocycles. The summed E-state index contributed by atoms with van der Waals surface area (Å²) in [5, 5.41) is 0. The second kappa shape index (κ2) is 100. The van der Waals surface area contributed by atoms with E-state index >= 15 is 0 Å². The first-order valence-electron chi connectivity index (χ1n) is 5.81. The van der Waals surface area contributed by atoms with E-state index in [1.54, 1.807) is 0 Å². The minimum absolute atomic E-state index is 1.24. The van der Waals surface area contributed by atoms with Crippen molar-refractivity contribution in [2.45, 2.75) is 55.4 Å². The highest BCUT2D eigenvalue weighted by molar-refractivity contribution is 7.98. The standard InChI is InChI=1S/2C3H8S.3C2H6/c2*1-3-4-2;3*1-2/h2*3H2,1-2H3;3*1-2H3. The lowest BCUT2D eigenvalue weighted by molar-refractivity contribution is 1.50. The molecule has 94 valence electrons. The number of thioether (sulfide) groups is 2. The Morgan fingerprint density at radius 1 is 0.571 bits per heavy atom. The van der Waals surface area contributed by atoms with E-state index in [-0.39, 0.29) is 0 Å². The monoisotopic (exact) mass is 242 g/mol. The third-order valence-corrected chi connectivity index (χ3v) is 1.73. The molecule has 0 unspecified atom stereocenters. The molecule has 0 atom stereocenters. The smallest absolute Gasteiger partial charge is 0.00988 e. The van der Waals surface area contributed by atoms with Crippen LogP contribution >= 0.6 is 23.5 Å². The van der Waals surface area contributed by atoms with Crippen molar-refractivity contribution in [3.8, 4) is 0 Å². The highest BCUT2D eigenvalue weighted by atomic mass is 32.2. The molecule has 0 aromatic rings. The van der Waals surface area contributed by atoms with Crippen LogP contribution in [-0.2, 0) is 0 Å². The van der Waals surface area contributed by atoms with Gasteiger partial charge in [0.1, 0.15) is 0 Å². The molecule has 0 bridgehead atoms. The van der Waals surface area contributed by atoms with E-state index in [1.807, 2.05) is 65.1 Å². The Labute approximate surface area is 103 Å². The molecule has 14 heavy (non-hydrogen) atoms. The third-order valence-electron chi connectivity index (χ3n) is 0.577. The second-order valence-corrected chi connectivity index (χ2v) is 3.46. The van der Waals surface area contributed by atoms with Crippen LogP contribution in [0.5, 0.6) is 0 Å². The summed E-state index contributed by atoms with van der Waals surface area (Å²) >= 11 is 3.71. The molecule has 0 radical (unpaired) electrons. The molecule has 0 saturated heterocycles. The zero-order chi connectivity index (χ0) is 12.8. The average molecular weight is 243 g/mol. The topological polar surface area (TPSA) is 0 Å². The van der Waals surface area contributed by atoms with E-state index in [2.05, 4.69) is 26.4 Å². The van der Waals surface area contributed by atoms with Crippen LogP contribution in [-0.4, -0.2) is 24.0 Å². The van der Waals surface area contributed by atoms with Gasteiger partial charge in [0.15, 0.2) is 0 Å². The van der Waals surface area contributed by atoms with Crippen molar-refractivity contribution in [3.63, 3.8) is 0 Å². The fourth-order valence-corrected chi connectivity index (χ4v) is 0. The number of rotatable bonds is 2. The molecule has 0 aliphatic rings. The Morgan fingerprint density at radius 3 is 0.643 bits per heavy atom. The molecule has 0 rings (SSSR count). The molecular weight excluding hydrogens is 208 g/mol. The molecular formula is C12H34S2. The van der Waals surface area contributed by atoms with Gasteiger partial charge in [-0.2, -0.15) is 23.5 Å². The van der Waals surface area contributed by atoms with Crippen LogP contribution < -0.4 is 0 Å². The molecule has 0 spiro atoms. The van der Waals surface area contributed by atoms with Crippen molar-refractivity contribution in [1.82, 2.24) is 0 Å². The quantitative estimate of drug-likeness (QED) is 0.598. The Bertz CT molecular complexity index is 16.3. The first-order valence-corrected chi connectivity index (χ1v) is 8.60. The van der Waals surface area contributed by atoms with Crippen LogP contribution in [0, 0.1) is 0 Å². The minimum atomic E-state index is 1.24. The van der Waals surface area contributed by atoms with Gasteiger partial charge in [0, 0.05) is 0 Å². The zero-order valence-corrected chi connectivity index (χ0v) is 13.9. The highest BCUT2D eigenvalue weighted by Crippen LogP contribution is 1.84. The molecule has 0 aromatic heterocycles. The van der Waals surface area contributed by atoms with Crippen molar-refractivity contribution in [2.75, 3.05) is 24.0 Å². The van der Waals surface area contributed by atoms with E-state index in [0.717, 1.165) is 0 Å². The SMILES string of the molecule is CC.CC.CC.CCSC.CCSC. The molecule has 0 aliphatic carbocycles. The summed E-state index contributed by atoms with van der Waals surface area (Å²) in [5.41, 5.74) is 0. The molecule has 0 saturated carbocycles. The van der Waals surface area contributed by atoms with Gasteiger partial charge >= 0.3 is 0 Å². The van der Waals surface area contributed by atoms with E-state index in [0.29, 0.717) is 0 Å². The first-order chi connectivity index (χ1) is 6.83. The Kier molecular flexibility index (Phi) is 210. The van der Waals surface area contributed by atoms with Gasteiger partial charge in [-0.25, -0.2) is 0 Å². The van der Waals surface area contributed by atoms with Gasteiger partial charge < -0.3 is 0 Å². The van der Waals surface area contributed by atoms with Gasteiger partial charge in [-0.05, 0) is 24.0 Å². The molecule has 0 aliphatic heterocycles. The van der Waals surface area contributed by atoms with Crippen LogP contribution in [0.1, 0.15) is 55.4 Å². The van der Waals surface area contributed by atoms with Gasteiger partial charge in [-0.1, -0.05) is 55.4 Å². The second-order valence-electron chi connectivity index (χ2n) is 1.15. The van der Waals surface area contributed by atoms with E-state index < -0.39 is 0 Å². The lowest BCUT2D eigenvalue weighted by Crippen LogP contribution is -1.52. The third kappa shape index (κ3) is 238. The highest BCUT2D eigenvalue weighted by Gasteiger charge is 1.55. The van der Waals surface area contributed by atoms with Crippen LogP contribution in [0.15, 0.2) is 0 Å². The van der Waals surface area contributed by atoms with Crippen molar-refractivity contribution >= 4 is 23.5 Å². The zero-order valence-electron chi connectivity index (χ0n) is 12.2. The summed E-state index contributed by atoms with van der Waals surface area (Å²) in [7, 11) is 0. The lowest BCUT2D eigenvalue weighted by Gasteiger charge is -1.69. The Hall–Kier alpha value is 0.700. The molecule has 0 heterocycles. The maximum atomic E-state index is 2.14. The van der Waals surface area contributed by atoms with Crippen LogP contribution in [0.4, 0.5) is 0 Å². The van der Waals surface area contributed by atoms with Gasteiger partial charge in [-0.3, -0.25) is 0 Å². The summed E-state index contributed by atoms with van der Waals surface area (Å²) in [6.07, 6.45) is 4.19. The van der Waals surface area contributed by atoms with Crippen molar-refractivity contribution < 1.29 is 0 Å². The molecule has 0 N–H and O–H groups in total.